The van der Waals surface area contributed by atoms with Gasteiger partial charge in [0.25, 0.3) is 0 Å². The van der Waals surface area contributed by atoms with Crippen LogP contribution in [0.25, 0.3) is 0 Å². The second kappa shape index (κ2) is 12.3. The molecule has 0 saturated carbocycles. The number of pyridine rings is 1. The summed E-state index contributed by atoms with van der Waals surface area (Å²) in [6.45, 7) is 13.3. The van der Waals surface area contributed by atoms with Crippen molar-refractivity contribution in [2.75, 3.05) is 26.2 Å². The molecular formula is C18H29N7S2. The molecule has 1 aromatic rings. The van der Waals surface area contributed by atoms with Gasteiger partial charge in [-0.3, -0.25) is 15.8 Å². The molecule has 0 bridgehead atoms. The second-order valence-corrected chi connectivity index (χ2v) is 6.32. The fourth-order valence-corrected chi connectivity index (χ4v) is 2.89. The summed E-state index contributed by atoms with van der Waals surface area (Å²) in [6, 6.07) is 5.64. The van der Waals surface area contributed by atoms with Crippen molar-refractivity contribution in [1.29, 1.82) is 0 Å². The minimum Gasteiger partial charge on any atom is -0.348 e. The fraction of sp³-hybridized carbons (Fsp3) is 0.500. The van der Waals surface area contributed by atoms with Crippen LogP contribution in [0.15, 0.2) is 34.6 Å². The number of thiocarbonyl (C=S) groups is 2. The molecule has 7 nitrogen and oxygen atoms in total. The molecule has 1 heterocycles. The summed E-state index contributed by atoms with van der Waals surface area (Å²) >= 11 is 10.8. The van der Waals surface area contributed by atoms with E-state index in [0.717, 1.165) is 26.2 Å². The molecule has 0 radical (unpaired) electrons. The number of hydrogen-bond acceptors (Lipinski definition) is 5. The second-order valence-electron chi connectivity index (χ2n) is 5.55. The monoisotopic (exact) mass is 407 g/mol. The third kappa shape index (κ3) is 7.18. The van der Waals surface area contributed by atoms with Crippen LogP contribution < -0.4 is 10.9 Å². The Morgan fingerprint density at radius 1 is 0.926 bits per heavy atom. The quantitative estimate of drug-likeness (QED) is 0.390. The normalized spacial score (nSPS) is 11.7. The molecule has 0 aliphatic carbocycles. The zero-order chi connectivity index (χ0) is 20.2. The first-order valence-electron chi connectivity index (χ1n) is 9.11. The fourth-order valence-electron chi connectivity index (χ4n) is 2.28. The minimum atomic E-state index is 0.563. The largest absolute Gasteiger partial charge is 0.348 e. The summed E-state index contributed by atoms with van der Waals surface area (Å²) in [5.74, 6) is 0. The summed E-state index contributed by atoms with van der Waals surface area (Å²) in [6.07, 6.45) is 1.72. The maximum atomic E-state index is 5.40. The Kier molecular flexibility index (Phi) is 10.4. The van der Waals surface area contributed by atoms with Crippen LogP contribution in [0.2, 0.25) is 0 Å². The molecule has 0 spiro atoms. The van der Waals surface area contributed by atoms with Crippen molar-refractivity contribution in [2.45, 2.75) is 34.6 Å². The maximum absolute atomic E-state index is 5.40. The summed E-state index contributed by atoms with van der Waals surface area (Å²) in [5.41, 5.74) is 7.83. The van der Waals surface area contributed by atoms with E-state index in [-0.39, 0.29) is 0 Å². The molecule has 0 aromatic carbocycles. The zero-order valence-corrected chi connectivity index (χ0v) is 18.3. The van der Waals surface area contributed by atoms with E-state index in [1.165, 1.54) is 0 Å². The Labute approximate surface area is 172 Å². The summed E-state index contributed by atoms with van der Waals surface area (Å²) in [4.78, 5) is 8.40. The first kappa shape index (κ1) is 22.9. The average Bonchev–Trinajstić information content (AvgIpc) is 2.69. The van der Waals surface area contributed by atoms with Gasteiger partial charge in [-0.2, -0.15) is 10.2 Å². The maximum Gasteiger partial charge on any atom is 0.189 e. The Morgan fingerprint density at radius 2 is 1.44 bits per heavy atom. The molecule has 0 unspecified atom stereocenters. The predicted octanol–water partition coefficient (Wildman–Crippen LogP) is 2.59. The number of rotatable bonds is 8. The van der Waals surface area contributed by atoms with Gasteiger partial charge in [0.05, 0.1) is 11.4 Å². The molecule has 2 N–H and O–H groups in total. The Hall–Kier alpha value is -2.13. The molecule has 27 heavy (non-hydrogen) atoms. The highest BCUT2D eigenvalue weighted by Crippen LogP contribution is 2.00. The van der Waals surface area contributed by atoms with Crippen LogP contribution in [0.5, 0.6) is 0 Å². The minimum absolute atomic E-state index is 0.563. The number of aromatic nitrogens is 1. The summed E-state index contributed by atoms with van der Waals surface area (Å²) in [7, 11) is 0. The number of nitrogens with one attached hydrogen (secondary N) is 2. The van der Waals surface area contributed by atoms with E-state index in [4.69, 9.17) is 24.4 Å². The first-order valence-corrected chi connectivity index (χ1v) is 9.93. The van der Waals surface area contributed by atoms with Crippen LogP contribution in [0.4, 0.5) is 0 Å². The molecule has 0 amide bonds. The van der Waals surface area contributed by atoms with Crippen molar-refractivity contribution < 1.29 is 0 Å². The molecule has 0 fully saturated rings. The van der Waals surface area contributed by atoms with E-state index in [2.05, 4.69) is 26.0 Å². The zero-order valence-electron chi connectivity index (χ0n) is 16.7. The van der Waals surface area contributed by atoms with Crippen LogP contribution in [-0.2, 0) is 0 Å². The van der Waals surface area contributed by atoms with Gasteiger partial charge in [0.1, 0.15) is 5.71 Å². The van der Waals surface area contributed by atoms with E-state index < -0.39 is 0 Å². The highest BCUT2D eigenvalue weighted by atomic mass is 32.1. The number of hydrogen-bond donors (Lipinski definition) is 2. The third-order valence-electron chi connectivity index (χ3n) is 3.93. The van der Waals surface area contributed by atoms with Gasteiger partial charge in [-0.1, -0.05) is 6.07 Å². The van der Waals surface area contributed by atoms with E-state index in [1.54, 1.807) is 6.20 Å². The van der Waals surface area contributed by atoms with Gasteiger partial charge in [-0.15, -0.1) is 0 Å². The van der Waals surface area contributed by atoms with Gasteiger partial charge in [0.15, 0.2) is 10.2 Å². The van der Waals surface area contributed by atoms with Gasteiger partial charge in [0.2, 0.25) is 0 Å². The SMILES string of the molecule is CCN(CC)C(=S)N/N=C(C)/C(=N/NC(=S)N(CC)CC)c1ccccn1. The van der Waals surface area contributed by atoms with Crippen molar-refractivity contribution in [2.24, 2.45) is 10.2 Å². The number of nitrogens with zero attached hydrogens (tertiary/aromatic N) is 5. The topological polar surface area (TPSA) is 68.2 Å². The van der Waals surface area contributed by atoms with Gasteiger partial charge < -0.3 is 9.80 Å². The van der Waals surface area contributed by atoms with E-state index >= 15 is 0 Å². The van der Waals surface area contributed by atoms with Crippen molar-refractivity contribution in [3.05, 3.63) is 30.1 Å². The van der Waals surface area contributed by atoms with E-state index in [9.17, 15) is 0 Å². The Morgan fingerprint density at radius 3 is 1.89 bits per heavy atom. The predicted molar refractivity (Wildman–Crippen MR) is 121 cm³/mol. The van der Waals surface area contributed by atoms with Crippen LogP contribution >= 0.6 is 24.4 Å². The molecule has 148 valence electrons. The first-order chi connectivity index (χ1) is 13.0. The lowest BCUT2D eigenvalue weighted by molar-refractivity contribution is 0.457. The van der Waals surface area contributed by atoms with Crippen molar-refractivity contribution >= 4 is 46.1 Å². The van der Waals surface area contributed by atoms with Crippen molar-refractivity contribution in [1.82, 2.24) is 25.6 Å². The highest BCUT2D eigenvalue weighted by molar-refractivity contribution is 7.80. The summed E-state index contributed by atoms with van der Waals surface area (Å²) in [5, 5.41) is 10.0. The van der Waals surface area contributed by atoms with Crippen LogP contribution in [0, 0.1) is 0 Å². The van der Waals surface area contributed by atoms with Gasteiger partial charge in [0, 0.05) is 32.4 Å². The molecule has 9 heteroatoms. The lowest BCUT2D eigenvalue weighted by atomic mass is 10.2. The summed E-state index contributed by atoms with van der Waals surface area (Å²) < 4.78 is 0. The van der Waals surface area contributed by atoms with Gasteiger partial charge in [-0.05, 0) is 71.2 Å². The average molecular weight is 408 g/mol. The van der Waals surface area contributed by atoms with Crippen molar-refractivity contribution in [3.63, 3.8) is 0 Å². The molecule has 0 aliphatic heterocycles. The Bertz CT molecular complexity index is 666. The molecule has 0 atom stereocenters. The van der Waals surface area contributed by atoms with Crippen LogP contribution in [0.3, 0.4) is 0 Å². The van der Waals surface area contributed by atoms with E-state index in [1.807, 2.05) is 62.6 Å². The van der Waals surface area contributed by atoms with Crippen LogP contribution in [-0.4, -0.2) is 62.6 Å². The third-order valence-corrected chi connectivity index (χ3v) is 4.63. The number of hydrazone groups is 2. The van der Waals surface area contributed by atoms with Crippen LogP contribution in [0.1, 0.15) is 40.3 Å². The molecule has 0 saturated heterocycles. The van der Waals surface area contributed by atoms with Gasteiger partial charge in [-0.25, -0.2) is 0 Å². The smallest absolute Gasteiger partial charge is 0.189 e. The van der Waals surface area contributed by atoms with Crippen molar-refractivity contribution in [3.8, 4) is 0 Å². The Balaban J connectivity index is 3.04. The molecule has 0 aliphatic rings. The molecule has 1 rings (SSSR count). The molecular weight excluding hydrogens is 378 g/mol. The molecule has 1 aromatic heterocycles. The standard InChI is InChI=1S/C18H29N7S2/c1-6-24(7-2)17(26)22-20-14(5)16(15-12-10-11-13-19-15)21-23-18(27)25(8-3)9-4/h10-13H,6-9H2,1-5H3,(H,22,26)(H,23,27)/b20-14+,21-16-. The van der Waals surface area contributed by atoms with E-state index in [0.29, 0.717) is 27.3 Å². The lowest BCUT2D eigenvalue weighted by Crippen LogP contribution is -2.39. The lowest BCUT2D eigenvalue weighted by Gasteiger charge is -2.21. The highest BCUT2D eigenvalue weighted by Gasteiger charge is 2.12. The van der Waals surface area contributed by atoms with Gasteiger partial charge >= 0.3 is 0 Å².